The fraction of sp³-hybridized carbons (Fsp3) is 0.556. The van der Waals surface area contributed by atoms with E-state index in [1.807, 2.05) is 6.07 Å². The van der Waals surface area contributed by atoms with E-state index in [1.165, 1.54) is 18.4 Å². The van der Waals surface area contributed by atoms with Gasteiger partial charge in [-0.25, -0.2) is 0 Å². The quantitative estimate of drug-likeness (QED) is 0.868. The lowest BCUT2D eigenvalue weighted by Crippen LogP contribution is -2.40. The van der Waals surface area contributed by atoms with E-state index < -0.39 is 0 Å². The van der Waals surface area contributed by atoms with Crippen LogP contribution in [0.2, 0.25) is 0 Å². The van der Waals surface area contributed by atoms with Gasteiger partial charge in [0.15, 0.2) is 0 Å². The largest absolute Gasteiger partial charge is 0.495 e. The second-order valence-corrected chi connectivity index (χ2v) is 5.96. The molecule has 1 fully saturated rings. The number of methoxy groups -OCH3 is 1. The Morgan fingerprint density at radius 3 is 2.86 bits per heavy atom. The molecule has 0 radical (unpaired) electrons. The Balaban J connectivity index is 2.16. The number of aliphatic hydroxyl groups is 1. The van der Waals surface area contributed by atoms with Crippen LogP contribution in [0.3, 0.4) is 0 Å². The van der Waals surface area contributed by atoms with E-state index in [0.29, 0.717) is 6.04 Å². The van der Waals surface area contributed by atoms with Crippen LogP contribution in [0.4, 0.5) is 0 Å². The molecule has 0 aromatic heterocycles. The zero-order chi connectivity index (χ0) is 15.2. The molecule has 1 aromatic carbocycles. The fourth-order valence-corrected chi connectivity index (χ4v) is 2.92. The first-order valence-electron chi connectivity index (χ1n) is 7.64. The van der Waals surface area contributed by atoms with Crippen LogP contribution in [0.5, 0.6) is 5.75 Å². The van der Waals surface area contributed by atoms with E-state index in [0.717, 1.165) is 30.3 Å². The summed E-state index contributed by atoms with van der Waals surface area (Å²) in [6.07, 6.45) is 2.60. The number of piperidine rings is 1. The molecule has 2 unspecified atom stereocenters. The van der Waals surface area contributed by atoms with Gasteiger partial charge in [0.1, 0.15) is 12.4 Å². The van der Waals surface area contributed by atoms with Crippen molar-refractivity contribution < 1.29 is 9.84 Å². The van der Waals surface area contributed by atoms with Crippen molar-refractivity contribution in [2.75, 3.05) is 20.3 Å². The molecule has 2 atom stereocenters. The minimum Gasteiger partial charge on any atom is -0.495 e. The van der Waals surface area contributed by atoms with Gasteiger partial charge in [0.05, 0.1) is 12.7 Å². The van der Waals surface area contributed by atoms with Crippen molar-refractivity contribution in [2.45, 2.75) is 39.3 Å². The molecule has 0 aliphatic carbocycles. The van der Waals surface area contributed by atoms with E-state index in [2.05, 4.69) is 42.7 Å². The first kappa shape index (κ1) is 15.9. The van der Waals surface area contributed by atoms with Crippen LogP contribution < -0.4 is 4.74 Å². The number of ether oxygens (including phenoxy) is 1. The highest BCUT2D eigenvalue weighted by Gasteiger charge is 2.22. The minimum absolute atomic E-state index is 0.131. The molecule has 2 rings (SSSR count). The number of nitrogens with zero attached hydrogens (tertiary/aromatic N) is 1. The number of hydrogen-bond acceptors (Lipinski definition) is 3. The summed E-state index contributed by atoms with van der Waals surface area (Å²) in [6.45, 7) is 6.61. The van der Waals surface area contributed by atoms with E-state index in [9.17, 15) is 0 Å². The Labute approximate surface area is 127 Å². The van der Waals surface area contributed by atoms with Crippen LogP contribution in [0.15, 0.2) is 18.2 Å². The molecule has 1 heterocycles. The van der Waals surface area contributed by atoms with Crippen molar-refractivity contribution in [3.05, 3.63) is 29.3 Å². The maximum atomic E-state index is 8.86. The molecule has 0 saturated carbocycles. The Bertz CT molecular complexity index is 530. The summed E-state index contributed by atoms with van der Waals surface area (Å²) in [7, 11) is 1.65. The van der Waals surface area contributed by atoms with Crippen molar-refractivity contribution in [1.29, 1.82) is 0 Å². The maximum absolute atomic E-state index is 8.86. The third kappa shape index (κ3) is 4.23. The van der Waals surface area contributed by atoms with E-state index in [4.69, 9.17) is 9.84 Å². The molecule has 3 heteroatoms. The summed E-state index contributed by atoms with van der Waals surface area (Å²) in [5.41, 5.74) is 2.10. The summed E-state index contributed by atoms with van der Waals surface area (Å²) in [4.78, 5) is 2.54. The standard InChI is InChI=1S/C18H25NO2/c1-14-6-7-15(2)19(12-14)13-16-8-9-18(21-3)17(11-16)5-4-10-20/h8-9,11,14-15,20H,6-7,10,12-13H2,1-3H3. The number of likely N-dealkylation sites (tertiary alicyclic amines) is 1. The number of rotatable bonds is 3. The molecular formula is C18H25NO2. The highest BCUT2D eigenvalue weighted by Crippen LogP contribution is 2.25. The second-order valence-electron chi connectivity index (χ2n) is 5.96. The summed E-state index contributed by atoms with van der Waals surface area (Å²) in [5.74, 6) is 7.20. The molecule has 0 bridgehead atoms. The highest BCUT2D eigenvalue weighted by molar-refractivity contribution is 5.48. The lowest BCUT2D eigenvalue weighted by Gasteiger charge is -2.36. The molecule has 3 nitrogen and oxygen atoms in total. The molecule has 21 heavy (non-hydrogen) atoms. The van der Waals surface area contributed by atoms with Crippen molar-refractivity contribution in [3.63, 3.8) is 0 Å². The van der Waals surface area contributed by atoms with Gasteiger partial charge in [0, 0.05) is 19.1 Å². The SMILES string of the molecule is COc1ccc(CN2CC(C)CCC2C)cc1C#CCO. The van der Waals surface area contributed by atoms with Gasteiger partial charge in [-0.3, -0.25) is 4.90 Å². The molecule has 1 saturated heterocycles. The van der Waals surface area contributed by atoms with Gasteiger partial charge in [0.2, 0.25) is 0 Å². The first-order chi connectivity index (χ1) is 10.1. The van der Waals surface area contributed by atoms with Crippen molar-refractivity contribution in [1.82, 2.24) is 4.90 Å². The number of aliphatic hydroxyl groups excluding tert-OH is 1. The van der Waals surface area contributed by atoms with Gasteiger partial charge in [-0.2, -0.15) is 0 Å². The van der Waals surface area contributed by atoms with E-state index in [-0.39, 0.29) is 6.61 Å². The van der Waals surface area contributed by atoms with Gasteiger partial charge in [0.25, 0.3) is 0 Å². The molecule has 1 N–H and O–H groups in total. The highest BCUT2D eigenvalue weighted by atomic mass is 16.5. The van der Waals surface area contributed by atoms with Crippen molar-refractivity contribution in [2.24, 2.45) is 5.92 Å². The average Bonchev–Trinajstić information content (AvgIpc) is 2.49. The predicted octanol–water partition coefficient (Wildman–Crippen LogP) is 2.66. The zero-order valence-corrected chi connectivity index (χ0v) is 13.2. The van der Waals surface area contributed by atoms with Gasteiger partial charge >= 0.3 is 0 Å². The smallest absolute Gasteiger partial charge is 0.134 e. The summed E-state index contributed by atoms with van der Waals surface area (Å²) < 4.78 is 5.33. The molecule has 1 aliphatic heterocycles. The van der Waals surface area contributed by atoms with Crippen LogP contribution in [-0.2, 0) is 6.54 Å². The van der Waals surface area contributed by atoms with Gasteiger partial charge in [-0.1, -0.05) is 24.8 Å². The maximum Gasteiger partial charge on any atom is 0.134 e. The third-order valence-electron chi connectivity index (χ3n) is 4.20. The van der Waals surface area contributed by atoms with Crippen LogP contribution in [0.1, 0.15) is 37.8 Å². The zero-order valence-electron chi connectivity index (χ0n) is 13.2. The number of hydrogen-bond donors (Lipinski definition) is 1. The fourth-order valence-electron chi connectivity index (χ4n) is 2.92. The molecule has 0 amide bonds. The topological polar surface area (TPSA) is 32.7 Å². The Morgan fingerprint density at radius 1 is 1.33 bits per heavy atom. The Kier molecular flexibility index (Phi) is 5.67. The van der Waals surface area contributed by atoms with E-state index in [1.54, 1.807) is 7.11 Å². The Hall–Kier alpha value is -1.50. The normalized spacial score (nSPS) is 22.5. The lowest BCUT2D eigenvalue weighted by molar-refractivity contribution is 0.117. The van der Waals surface area contributed by atoms with Crippen molar-refractivity contribution in [3.8, 4) is 17.6 Å². The molecule has 114 valence electrons. The summed E-state index contributed by atoms with van der Waals surface area (Å²) in [5, 5.41) is 8.86. The van der Waals surface area contributed by atoms with Crippen LogP contribution >= 0.6 is 0 Å². The first-order valence-corrected chi connectivity index (χ1v) is 7.64. The monoisotopic (exact) mass is 287 g/mol. The van der Waals surface area contributed by atoms with Gasteiger partial charge in [-0.15, -0.1) is 0 Å². The predicted molar refractivity (Wildman–Crippen MR) is 85.2 cm³/mol. The summed E-state index contributed by atoms with van der Waals surface area (Å²) >= 11 is 0. The average molecular weight is 287 g/mol. The van der Waals surface area contributed by atoms with Gasteiger partial charge < -0.3 is 9.84 Å². The molecule has 1 aromatic rings. The van der Waals surface area contributed by atoms with Crippen LogP contribution in [0, 0.1) is 17.8 Å². The molecular weight excluding hydrogens is 262 g/mol. The Morgan fingerprint density at radius 2 is 2.14 bits per heavy atom. The molecule has 1 aliphatic rings. The second kappa shape index (κ2) is 7.49. The number of benzene rings is 1. The van der Waals surface area contributed by atoms with E-state index >= 15 is 0 Å². The lowest BCUT2D eigenvalue weighted by atomic mass is 9.94. The van der Waals surface area contributed by atoms with Crippen LogP contribution in [0.25, 0.3) is 0 Å². The van der Waals surface area contributed by atoms with Crippen molar-refractivity contribution >= 4 is 0 Å². The minimum atomic E-state index is -0.131. The third-order valence-corrected chi connectivity index (χ3v) is 4.20. The summed E-state index contributed by atoms with van der Waals surface area (Å²) in [6, 6.07) is 6.78. The molecule has 0 spiro atoms. The van der Waals surface area contributed by atoms with Gasteiger partial charge in [-0.05, 0) is 43.4 Å². The van der Waals surface area contributed by atoms with Crippen LogP contribution in [-0.4, -0.2) is 36.3 Å².